The molecule has 0 atom stereocenters. The van der Waals surface area contributed by atoms with Crippen LogP contribution in [-0.2, 0) is 10.0 Å². The second-order valence-electron chi connectivity index (χ2n) is 5.72. The fourth-order valence-corrected chi connectivity index (χ4v) is 4.01. The Morgan fingerprint density at radius 2 is 2.00 bits per heavy atom. The van der Waals surface area contributed by atoms with Crippen LogP contribution in [0.25, 0.3) is 0 Å². The van der Waals surface area contributed by atoms with Crippen molar-refractivity contribution in [1.29, 1.82) is 0 Å². The smallest absolute Gasteiger partial charge is 0.251 e. The Morgan fingerprint density at radius 3 is 2.61 bits per heavy atom. The van der Waals surface area contributed by atoms with E-state index in [2.05, 4.69) is 10.0 Å². The van der Waals surface area contributed by atoms with Crippen LogP contribution >= 0.6 is 0 Å². The van der Waals surface area contributed by atoms with Crippen LogP contribution in [0.15, 0.2) is 23.1 Å². The van der Waals surface area contributed by atoms with Gasteiger partial charge in [0.25, 0.3) is 5.91 Å². The van der Waals surface area contributed by atoms with Gasteiger partial charge in [-0.25, -0.2) is 13.1 Å². The normalized spacial score (nSPS) is 15.6. The predicted octanol–water partition coefficient (Wildman–Crippen LogP) is 2.06. The first-order valence-corrected chi connectivity index (χ1v) is 9.45. The summed E-state index contributed by atoms with van der Waals surface area (Å²) < 4.78 is 32.4. The molecule has 2 N–H and O–H groups in total. The zero-order chi connectivity index (χ0) is 16.9. The summed E-state index contributed by atoms with van der Waals surface area (Å²) in [5.74, 6) is -0.0162. The number of sulfonamides is 1. The van der Waals surface area contributed by atoms with Crippen molar-refractivity contribution in [3.05, 3.63) is 23.8 Å². The third-order valence-corrected chi connectivity index (χ3v) is 5.43. The van der Waals surface area contributed by atoms with Crippen molar-refractivity contribution < 1.29 is 17.9 Å². The monoisotopic (exact) mass is 340 g/mol. The summed E-state index contributed by atoms with van der Waals surface area (Å²) in [6.45, 7) is 2.22. The number of rotatable bonds is 7. The van der Waals surface area contributed by atoms with E-state index >= 15 is 0 Å². The Balaban J connectivity index is 2.25. The predicted molar refractivity (Wildman–Crippen MR) is 88.2 cm³/mol. The van der Waals surface area contributed by atoms with Gasteiger partial charge in [0.05, 0.1) is 7.11 Å². The van der Waals surface area contributed by atoms with E-state index in [1.54, 1.807) is 6.07 Å². The molecule has 1 aromatic rings. The fraction of sp³-hybridized carbons (Fsp3) is 0.562. The van der Waals surface area contributed by atoms with Gasteiger partial charge in [-0.1, -0.05) is 19.8 Å². The topological polar surface area (TPSA) is 84.5 Å². The van der Waals surface area contributed by atoms with Crippen molar-refractivity contribution in [2.45, 2.75) is 50.0 Å². The molecular formula is C16H24N2O4S. The van der Waals surface area contributed by atoms with Gasteiger partial charge < -0.3 is 10.1 Å². The number of hydrogen-bond acceptors (Lipinski definition) is 4. The molecule has 0 aromatic heterocycles. The lowest BCUT2D eigenvalue weighted by molar-refractivity contribution is 0.0937. The molecule has 7 heteroatoms. The summed E-state index contributed by atoms with van der Waals surface area (Å²) in [7, 11) is -2.29. The van der Waals surface area contributed by atoms with E-state index in [9.17, 15) is 13.2 Å². The van der Waals surface area contributed by atoms with E-state index in [1.165, 1.54) is 19.2 Å². The minimum absolute atomic E-state index is 0.00692. The molecule has 128 valence electrons. The minimum atomic E-state index is -3.70. The van der Waals surface area contributed by atoms with Crippen LogP contribution in [0.3, 0.4) is 0 Å². The first-order chi connectivity index (χ1) is 11.0. The SMILES string of the molecule is CCCNS(=O)(=O)c1cc(C(=O)NC2CCCC2)ccc1OC. The van der Waals surface area contributed by atoms with Gasteiger partial charge in [0.15, 0.2) is 0 Å². The van der Waals surface area contributed by atoms with E-state index < -0.39 is 10.0 Å². The molecule has 1 saturated carbocycles. The van der Waals surface area contributed by atoms with Gasteiger partial charge in [0.2, 0.25) is 10.0 Å². The standard InChI is InChI=1S/C16H24N2O4S/c1-3-10-17-23(20,21)15-11-12(8-9-14(15)22-2)16(19)18-13-6-4-5-7-13/h8-9,11,13,17H,3-7,10H2,1-2H3,(H,18,19). The third kappa shape index (κ3) is 4.45. The Bertz CT molecular complexity index is 652. The Labute approximate surface area is 137 Å². The number of methoxy groups -OCH3 is 1. The summed E-state index contributed by atoms with van der Waals surface area (Å²) in [5.41, 5.74) is 0.328. The lowest BCUT2D eigenvalue weighted by Gasteiger charge is -2.14. The van der Waals surface area contributed by atoms with Crippen LogP contribution in [0, 0.1) is 0 Å². The Morgan fingerprint density at radius 1 is 1.30 bits per heavy atom. The van der Waals surface area contributed by atoms with E-state index in [-0.39, 0.29) is 22.6 Å². The number of hydrogen-bond donors (Lipinski definition) is 2. The summed E-state index contributed by atoms with van der Waals surface area (Å²) >= 11 is 0. The van der Waals surface area contributed by atoms with Gasteiger partial charge in [-0.15, -0.1) is 0 Å². The molecule has 1 aliphatic carbocycles. The molecule has 23 heavy (non-hydrogen) atoms. The summed E-state index contributed by atoms with van der Waals surface area (Å²) in [4.78, 5) is 12.3. The molecule has 1 fully saturated rings. The van der Waals surface area contributed by atoms with Gasteiger partial charge in [-0.2, -0.15) is 0 Å². The Hall–Kier alpha value is -1.60. The first-order valence-electron chi connectivity index (χ1n) is 7.96. The highest BCUT2D eigenvalue weighted by Gasteiger charge is 2.23. The molecule has 1 aliphatic rings. The maximum Gasteiger partial charge on any atom is 0.251 e. The van der Waals surface area contributed by atoms with Crippen LogP contribution in [0.5, 0.6) is 5.75 Å². The molecule has 2 rings (SSSR count). The van der Waals surface area contributed by atoms with Crippen molar-refractivity contribution in [2.75, 3.05) is 13.7 Å². The fourth-order valence-electron chi connectivity index (χ4n) is 2.68. The van der Waals surface area contributed by atoms with E-state index in [0.717, 1.165) is 25.7 Å². The molecule has 0 bridgehead atoms. The maximum absolute atomic E-state index is 12.4. The van der Waals surface area contributed by atoms with E-state index in [1.807, 2.05) is 6.92 Å². The van der Waals surface area contributed by atoms with Gasteiger partial charge >= 0.3 is 0 Å². The van der Waals surface area contributed by atoms with Crippen LogP contribution in [0.2, 0.25) is 0 Å². The number of ether oxygens (including phenoxy) is 1. The number of carbonyl (C=O) groups excluding carboxylic acids is 1. The van der Waals surface area contributed by atoms with Crippen molar-refractivity contribution in [1.82, 2.24) is 10.0 Å². The molecule has 0 heterocycles. The highest BCUT2D eigenvalue weighted by molar-refractivity contribution is 7.89. The van der Waals surface area contributed by atoms with Crippen LogP contribution in [0.4, 0.5) is 0 Å². The number of carbonyl (C=O) groups is 1. The lowest BCUT2D eigenvalue weighted by Crippen LogP contribution is -2.33. The highest BCUT2D eigenvalue weighted by Crippen LogP contribution is 2.25. The molecule has 0 aliphatic heterocycles. The van der Waals surface area contributed by atoms with Crippen LogP contribution in [-0.4, -0.2) is 34.0 Å². The van der Waals surface area contributed by atoms with Gasteiger partial charge in [-0.05, 0) is 37.5 Å². The average molecular weight is 340 g/mol. The lowest BCUT2D eigenvalue weighted by atomic mass is 10.1. The number of amides is 1. The third-order valence-electron chi connectivity index (χ3n) is 3.95. The highest BCUT2D eigenvalue weighted by atomic mass is 32.2. The molecule has 0 unspecified atom stereocenters. The second-order valence-corrected chi connectivity index (χ2v) is 7.45. The zero-order valence-electron chi connectivity index (χ0n) is 13.6. The molecular weight excluding hydrogens is 316 g/mol. The Kier molecular flexibility index (Phi) is 6.01. The van der Waals surface area contributed by atoms with Crippen molar-refractivity contribution in [3.63, 3.8) is 0 Å². The molecule has 1 amide bonds. The molecule has 6 nitrogen and oxygen atoms in total. The molecule has 0 saturated heterocycles. The van der Waals surface area contributed by atoms with Gasteiger partial charge in [0, 0.05) is 18.2 Å². The first kappa shape index (κ1) is 17.7. The second kappa shape index (κ2) is 7.79. The van der Waals surface area contributed by atoms with Crippen molar-refractivity contribution in [3.8, 4) is 5.75 Å². The van der Waals surface area contributed by atoms with Gasteiger partial charge in [-0.3, -0.25) is 4.79 Å². The van der Waals surface area contributed by atoms with Crippen molar-refractivity contribution >= 4 is 15.9 Å². The molecule has 0 spiro atoms. The summed E-state index contributed by atoms with van der Waals surface area (Å²) in [6.07, 6.45) is 4.88. The number of benzene rings is 1. The zero-order valence-corrected chi connectivity index (χ0v) is 14.4. The summed E-state index contributed by atoms with van der Waals surface area (Å²) in [5, 5.41) is 2.96. The quantitative estimate of drug-likeness (QED) is 0.796. The molecule has 1 aromatic carbocycles. The van der Waals surface area contributed by atoms with Gasteiger partial charge in [0.1, 0.15) is 10.6 Å². The average Bonchev–Trinajstić information content (AvgIpc) is 3.05. The van der Waals surface area contributed by atoms with E-state index in [4.69, 9.17) is 4.74 Å². The van der Waals surface area contributed by atoms with Crippen LogP contribution in [0.1, 0.15) is 49.4 Å². The molecule has 0 radical (unpaired) electrons. The van der Waals surface area contributed by atoms with E-state index in [0.29, 0.717) is 18.5 Å². The minimum Gasteiger partial charge on any atom is -0.495 e. The van der Waals surface area contributed by atoms with Crippen LogP contribution < -0.4 is 14.8 Å². The van der Waals surface area contributed by atoms with Crippen molar-refractivity contribution in [2.24, 2.45) is 0 Å². The number of nitrogens with one attached hydrogen (secondary N) is 2. The summed E-state index contributed by atoms with van der Waals surface area (Å²) in [6, 6.07) is 4.66. The largest absolute Gasteiger partial charge is 0.495 e. The maximum atomic E-state index is 12.4.